The van der Waals surface area contributed by atoms with Gasteiger partial charge in [-0.15, -0.1) is 11.3 Å². The average Bonchev–Trinajstić information content (AvgIpc) is 3.40. The first-order valence-corrected chi connectivity index (χ1v) is 10.9. The van der Waals surface area contributed by atoms with Crippen LogP contribution in [0, 0.1) is 0 Å². The van der Waals surface area contributed by atoms with E-state index < -0.39 is 17.7 Å². The lowest BCUT2D eigenvalue weighted by Gasteiger charge is -2.24. The van der Waals surface area contributed by atoms with Crippen molar-refractivity contribution in [2.24, 2.45) is 0 Å². The molecule has 1 atom stereocenters. The number of ketones is 1. The Morgan fingerprint density at radius 1 is 1.03 bits per heavy atom. The van der Waals surface area contributed by atoms with Crippen LogP contribution in [0.25, 0.3) is 5.76 Å². The van der Waals surface area contributed by atoms with Crippen molar-refractivity contribution in [1.29, 1.82) is 0 Å². The van der Waals surface area contributed by atoms with Crippen LogP contribution in [0.3, 0.4) is 0 Å². The number of methoxy groups -OCH3 is 1. The maximum Gasteiger partial charge on any atom is 0.300 e. The lowest BCUT2D eigenvalue weighted by molar-refractivity contribution is -0.132. The van der Waals surface area contributed by atoms with Gasteiger partial charge >= 0.3 is 0 Å². The molecular formula is C25H23NO4S. The zero-order chi connectivity index (χ0) is 22.1. The van der Waals surface area contributed by atoms with E-state index in [0.29, 0.717) is 22.9 Å². The van der Waals surface area contributed by atoms with Crippen LogP contribution in [-0.4, -0.2) is 23.9 Å². The minimum Gasteiger partial charge on any atom is -0.507 e. The summed E-state index contributed by atoms with van der Waals surface area (Å²) in [5.41, 5.74) is 2.31. The van der Waals surface area contributed by atoms with Gasteiger partial charge in [-0.05, 0) is 59.3 Å². The van der Waals surface area contributed by atoms with Gasteiger partial charge in [0.15, 0.2) is 0 Å². The largest absolute Gasteiger partial charge is 0.507 e. The fourth-order valence-corrected chi connectivity index (χ4v) is 4.56. The third-order valence-electron chi connectivity index (χ3n) is 5.46. The summed E-state index contributed by atoms with van der Waals surface area (Å²) < 4.78 is 5.17. The van der Waals surface area contributed by atoms with Gasteiger partial charge in [-0.1, -0.05) is 32.0 Å². The van der Waals surface area contributed by atoms with E-state index in [1.54, 1.807) is 31.4 Å². The third kappa shape index (κ3) is 3.75. The molecule has 31 heavy (non-hydrogen) atoms. The number of rotatable bonds is 5. The summed E-state index contributed by atoms with van der Waals surface area (Å²) in [7, 11) is 1.56. The summed E-state index contributed by atoms with van der Waals surface area (Å²) in [4.78, 5) is 28.5. The Labute approximate surface area is 185 Å². The maximum atomic E-state index is 13.1. The lowest BCUT2D eigenvalue weighted by atomic mass is 9.99. The van der Waals surface area contributed by atoms with E-state index in [1.807, 2.05) is 41.8 Å². The van der Waals surface area contributed by atoms with Crippen molar-refractivity contribution < 1.29 is 19.4 Å². The molecule has 0 spiro atoms. The van der Waals surface area contributed by atoms with Crippen LogP contribution in [0.15, 0.2) is 71.6 Å². The molecule has 4 rings (SSSR count). The van der Waals surface area contributed by atoms with E-state index >= 15 is 0 Å². The van der Waals surface area contributed by atoms with Crippen LogP contribution in [0.1, 0.15) is 41.8 Å². The first-order valence-electron chi connectivity index (χ1n) is 10.0. The van der Waals surface area contributed by atoms with Crippen LogP contribution < -0.4 is 9.64 Å². The number of Topliss-reactive ketones (excluding diaryl/α,β-unsaturated/α-hetero) is 1. The summed E-state index contributed by atoms with van der Waals surface area (Å²) >= 11 is 1.44. The van der Waals surface area contributed by atoms with Gasteiger partial charge in [0.2, 0.25) is 0 Å². The minimum absolute atomic E-state index is 0.0885. The first kappa shape index (κ1) is 20.9. The molecule has 1 fully saturated rings. The molecule has 2 heterocycles. The summed E-state index contributed by atoms with van der Waals surface area (Å²) in [6.45, 7) is 4.20. The smallest absolute Gasteiger partial charge is 0.300 e. The molecule has 1 amide bonds. The Morgan fingerprint density at radius 2 is 1.71 bits per heavy atom. The number of thiophene rings is 1. The van der Waals surface area contributed by atoms with Gasteiger partial charge in [-0.2, -0.15) is 0 Å². The second-order valence-electron chi connectivity index (χ2n) is 7.66. The fraction of sp³-hybridized carbons (Fsp3) is 0.200. The maximum absolute atomic E-state index is 13.1. The van der Waals surface area contributed by atoms with Crippen molar-refractivity contribution in [3.8, 4) is 5.75 Å². The molecule has 1 aromatic heterocycles. The van der Waals surface area contributed by atoms with Crippen molar-refractivity contribution in [2.75, 3.05) is 12.0 Å². The molecule has 1 saturated heterocycles. The number of carbonyl (C=O) groups excluding carboxylic acids is 2. The summed E-state index contributed by atoms with van der Waals surface area (Å²) in [5, 5.41) is 13.0. The molecule has 0 bridgehead atoms. The van der Waals surface area contributed by atoms with Crippen LogP contribution in [-0.2, 0) is 9.59 Å². The lowest BCUT2D eigenvalue weighted by Crippen LogP contribution is -2.29. The highest BCUT2D eigenvalue weighted by Gasteiger charge is 2.47. The molecule has 6 heteroatoms. The highest BCUT2D eigenvalue weighted by Crippen LogP contribution is 2.43. The summed E-state index contributed by atoms with van der Waals surface area (Å²) in [6.07, 6.45) is 0. The number of aliphatic hydroxyl groups excluding tert-OH is 1. The van der Waals surface area contributed by atoms with Gasteiger partial charge in [0.05, 0.1) is 12.7 Å². The van der Waals surface area contributed by atoms with Crippen molar-refractivity contribution in [1.82, 2.24) is 0 Å². The first-order chi connectivity index (χ1) is 14.9. The number of aliphatic hydroxyl groups is 1. The Bertz CT molecular complexity index is 1130. The molecule has 1 N–H and O–H groups in total. The molecule has 0 radical (unpaired) electrons. The van der Waals surface area contributed by atoms with Crippen LogP contribution in [0.5, 0.6) is 5.75 Å². The predicted molar refractivity (Wildman–Crippen MR) is 123 cm³/mol. The van der Waals surface area contributed by atoms with Gasteiger partial charge in [-0.3, -0.25) is 14.5 Å². The molecule has 158 valence electrons. The van der Waals surface area contributed by atoms with Gasteiger partial charge in [0, 0.05) is 16.1 Å². The number of hydrogen-bond donors (Lipinski definition) is 1. The number of carbonyl (C=O) groups is 2. The molecule has 3 aromatic rings. The van der Waals surface area contributed by atoms with Gasteiger partial charge in [0.25, 0.3) is 11.7 Å². The van der Waals surface area contributed by atoms with Crippen LogP contribution in [0.4, 0.5) is 5.69 Å². The topological polar surface area (TPSA) is 66.8 Å². The highest BCUT2D eigenvalue weighted by molar-refractivity contribution is 7.10. The normalized spacial score (nSPS) is 18.1. The fourth-order valence-electron chi connectivity index (χ4n) is 3.74. The Kier molecular flexibility index (Phi) is 5.65. The second kappa shape index (κ2) is 8.40. The predicted octanol–water partition coefficient (Wildman–Crippen LogP) is 5.51. The Hall–Kier alpha value is -3.38. The van der Waals surface area contributed by atoms with E-state index in [4.69, 9.17) is 4.74 Å². The molecule has 1 unspecified atom stereocenters. The standard InChI is InChI=1S/C25H23NO4S/c1-15(2)16-6-10-18(11-7-16)26-22(20-5-4-14-31-20)21(24(28)25(26)29)23(27)17-8-12-19(30-3)13-9-17/h4-15,22,27H,1-3H3/b23-21-. The van der Waals surface area contributed by atoms with Gasteiger partial charge < -0.3 is 9.84 Å². The number of hydrogen-bond acceptors (Lipinski definition) is 5. The summed E-state index contributed by atoms with van der Waals surface area (Å²) in [5.74, 6) is -0.546. The number of nitrogens with zero attached hydrogens (tertiary/aromatic N) is 1. The number of benzene rings is 2. The SMILES string of the molecule is COc1ccc(/C(O)=C2/C(=O)C(=O)N(c3ccc(C(C)C)cc3)C2c2cccs2)cc1. The molecule has 2 aromatic carbocycles. The van der Waals surface area contributed by atoms with Gasteiger partial charge in [-0.25, -0.2) is 0 Å². The molecular weight excluding hydrogens is 410 g/mol. The highest BCUT2D eigenvalue weighted by atomic mass is 32.1. The molecule has 1 aliphatic rings. The van der Waals surface area contributed by atoms with E-state index in [2.05, 4.69) is 13.8 Å². The zero-order valence-corrected chi connectivity index (χ0v) is 18.3. The van der Waals surface area contributed by atoms with Crippen LogP contribution >= 0.6 is 11.3 Å². The van der Waals surface area contributed by atoms with Gasteiger partial charge in [0.1, 0.15) is 17.6 Å². The van der Waals surface area contributed by atoms with Crippen LogP contribution in [0.2, 0.25) is 0 Å². The van der Waals surface area contributed by atoms with E-state index in [0.717, 1.165) is 10.4 Å². The minimum atomic E-state index is -0.695. The van der Waals surface area contributed by atoms with E-state index in [-0.39, 0.29) is 11.3 Å². The second-order valence-corrected chi connectivity index (χ2v) is 8.64. The van der Waals surface area contributed by atoms with Crippen molar-refractivity contribution in [3.63, 3.8) is 0 Å². The quantitative estimate of drug-likeness (QED) is 0.327. The summed E-state index contributed by atoms with van der Waals surface area (Å²) in [6, 6.07) is 17.5. The van der Waals surface area contributed by atoms with Crippen molar-refractivity contribution >= 4 is 34.5 Å². The average molecular weight is 434 g/mol. The molecule has 1 aliphatic heterocycles. The Balaban J connectivity index is 1.85. The number of ether oxygens (including phenoxy) is 1. The number of amides is 1. The zero-order valence-electron chi connectivity index (χ0n) is 17.5. The third-order valence-corrected chi connectivity index (χ3v) is 6.38. The Morgan fingerprint density at radius 3 is 2.26 bits per heavy atom. The van der Waals surface area contributed by atoms with Crippen molar-refractivity contribution in [2.45, 2.75) is 25.8 Å². The molecule has 0 saturated carbocycles. The monoisotopic (exact) mass is 433 g/mol. The molecule has 5 nitrogen and oxygen atoms in total. The van der Waals surface area contributed by atoms with Crippen molar-refractivity contribution in [3.05, 3.63) is 87.6 Å². The van der Waals surface area contributed by atoms with E-state index in [9.17, 15) is 14.7 Å². The number of anilines is 1. The van der Waals surface area contributed by atoms with E-state index in [1.165, 1.54) is 16.2 Å². The molecule has 0 aliphatic carbocycles.